The minimum absolute atomic E-state index is 0.234. The van der Waals surface area contributed by atoms with Crippen LogP contribution in [0.25, 0.3) is 21.5 Å². The zero-order valence-electron chi connectivity index (χ0n) is 16.3. The lowest BCUT2D eigenvalue weighted by Crippen LogP contribution is -2.29. The molecule has 0 atom stereocenters. The van der Waals surface area contributed by atoms with Gasteiger partial charge in [-0.05, 0) is 36.8 Å². The molecule has 0 radical (unpaired) electrons. The van der Waals surface area contributed by atoms with E-state index in [0.717, 1.165) is 44.6 Å². The van der Waals surface area contributed by atoms with Crippen LogP contribution in [0.1, 0.15) is 34.5 Å². The summed E-state index contributed by atoms with van der Waals surface area (Å²) in [6.07, 6.45) is 7.13. The van der Waals surface area contributed by atoms with Crippen molar-refractivity contribution in [1.82, 2.24) is 15.4 Å². The Labute approximate surface area is 182 Å². The van der Waals surface area contributed by atoms with Crippen molar-refractivity contribution >= 4 is 50.8 Å². The molecule has 0 unspecified atom stereocenters. The van der Waals surface area contributed by atoms with Gasteiger partial charge in [-0.3, -0.25) is 4.79 Å². The number of nitrogens with zero attached hydrogens (tertiary/aromatic N) is 3. The van der Waals surface area contributed by atoms with Crippen molar-refractivity contribution in [2.45, 2.75) is 19.3 Å². The Kier molecular flexibility index (Phi) is 5.33. The van der Waals surface area contributed by atoms with Crippen molar-refractivity contribution in [3.05, 3.63) is 58.4 Å². The third kappa shape index (κ3) is 3.76. The Morgan fingerprint density at radius 2 is 2.03 bits per heavy atom. The van der Waals surface area contributed by atoms with Gasteiger partial charge in [0.05, 0.1) is 21.5 Å². The van der Waals surface area contributed by atoms with E-state index in [4.69, 9.17) is 4.98 Å². The van der Waals surface area contributed by atoms with Gasteiger partial charge in [0.25, 0.3) is 5.91 Å². The van der Waals surface area contributed by atoms with Gasteiger partial charge in [-0.2, -0.15) is 5.10 Å². The summed E-state index contributed by atoms with van der Waals surface area (Å²) in [7, 11) is 0. The maximum Gasteiger partial charge on any atom is 0.273 e. The predicted molar refractivity (Wildman–Crippen MR) is 125 cm³/mol. The van der Waals surface area contributed by atoms with E-state index in [9.17, 15) is 4.79 Å². The van der Waals surface area contributed by atoms with Crippen molar-refractivity contribution in [3.8, 4) is 10.6 Å². The second kappa shape index (κ2) is 8.41. The molecule has 3 aromatic heterocycles. The van der Waals surface area contributed by atoms with Crippen LogP contribution < -0.4 is 10.3 Å². The Bertz CT molecular complexity index is 1190. The Morgan fingerprint density at radius 1 is 1.17 bits per heavy atom. The number of nitrogens with one attached hydrogen (secondary N) is 2. The monoisotopic (exact) mass is 435 g/mol. The minimum atomic E-state index is -0.234. The van der Waals surface area contributed by atoms with E-state index >= 15 is 0 Å². The summed E-state index contributed by atoms with van der Waals surface area (Å²) in [5.74, 6) is -0.234. The van der Waals surface area contributed by atoms with E-state index in [1.807, 2.05) is 30.3 Å². The van der Waals surface area contributed by atoms with Gasteiger partial charge >= 0.3 is 0 Å². The SMILES string of the molecule is O=C(NN=Cc1sc(N2CCCCC2)nc1-c1cccs1)c1c[nH]c2ccccc12. The van der Waals surface area contributed by atoms with Crippen molar-refractivity contribution in [2.75, 3.05) is 18.0 Å². The number of anilines is 1. The van der Waals surface area contributed by atoms with Gasteiger partial charge in [0, 0.05) is 30.2 Å². The van der Waals surface area contributed by atoms with Crippen molar-refractivity contribution in [3.63, 3.8) is 0 Å². The Balaban J connectivity index is 1.38. The normalized spacial score (nSPS) is 14.6. The zero-order valence-corrected chi connectivity index (χ0v) is 17.9. The Morgan fingerprint density at radius 3 is 2.87 bits per heavy atom. The number of piperidine rings is 1. The molecule has 1 aromatic carbocycles. The fourth-order valence-corrected chi connectivity index (χ4v) is 5.48. The predicted octanol–water partition coefficient (Wildman–Crippen LogP) is 5.11. The van der Waals surface area contributed by atoms with E-state index in [0.29, 0.717) is 5.56 Å². The number of benzene rings is 1. The smallest absolute Gasteiger partial charge is 0.273 e. The molecule has 1 amide bonds. The number of hydrogen-bond acceptors (Lipinski definition) is 6. The molecule has 0 bridgehead atoms. The van der Waals surface area contributed by atoms with Crippen molar-refractivity contribution in [1.29, 1.82) is 0 Å². The fourth-order valence-electron chi connectivity index (χ4n) is 3.69. The molecule has 1 fully saturated rings. The zero-order chi connectivity index (χ0) is 20.3. The molecule has 0 aliphatic carbocycles. The summed E-state index contributed by atoms with van der Waals surface area (Å²) in [4.78, 5) is 25.1. The molecular weight excluding hydrogens is 414 g/mol. The molecule has 152 valence electrons. The van der Waals surface area contributed by atoms with Crippen LogP contribution in [0.3, 0.4) is 0 Å². The first kappa shape index (κ1) is 19.0. The maximum atomic E-state index is 12.6. The lowest BCUT2D eigenvalue weighted by atomic mass is 10.1. The number of amides is 1. The highest BCUT2D eigenvalue weighted by Gasteiger charge is 2.19. The standard InChI is InChI=1S/C22H21N5OS2/c28-21(16-13-23-17-8-3-2-7-15(16)17)26-24-14-19-20(18-9-6-12-29-18)25-22(30-19)27-10-4-1-5-11-27/h2-3,6-9,12-14,23H,1,4-5,10-11H2,(H,26,28). The summed E-state index contributed by atoms with van der Waals surface area (Å²) in [6, 6.07) is 11.8. The molecule has 6 nitrogen and oxygen atoms in total. The largest absolute Gasteiger partial charge is 0.360 e. The topological polar surface area (TPSA) is 73.4 Å². The second-order valence-corrected chi connectivity index (χ2v) is 9.14. The van der Waals surface area contributed by atoms with Crippen LogP contribution in [-0.4, -0.2) is 35.2 Å². The first-order valence-electron chi connectivity index (χ1n) is 9.99. The molecule has 1 aliphatic heterocycles. The van der Waals surface area contributed by atoms with E-state index in [-0.39, 0.29) is 5.91 Å². The number of aromatic amines is 1. The number of hydrazone groups is 1. The molecule has 30 heavy (non-hydrogen) atoms. The number of aromatic nitrogens is 2. The number of thiazole rings is 1. The van der Waals surface area contributed by atoms with E-state index < -0.39 is 0 Å². The molecule has 4 aromatic rings. The molecule has 2 N–H and O–H groups in total. The number of H-pyrrole nitrogens is 1. The van der Waals surface area contributed by atoms with E-state index in [1.54, 1.807) is 35.1 Å². The van der Waals surface area contributed by atoms with Gasteiger partial charge in [-0.15, -0.1) is 11.3 Å². The number of hydrogen-bond donors (Lipinski definition) is 2. The summed E-state index contributed by atoms with van der Waals surface area (Å²) >= 11 is 3.29. The number of rotatable bonds is 5. The summed E-state index contributed by atoms with van der Waals surface area (Å²) in [5.41, 5.74) is 5.11. The average Bonchev–Trinajstić information content (AvgIpc) is 3.53. The molecule has 1 aliphatic rings. The van der Waals surface area contributed by atoms with Crippen LogP contribution in [0.15, 0.2) is 53.1 Å². The van der Waals surface area contributed by atoms with Gasteiger partial charge in [-0.1, -0.05) is 35.6 Å². The van der Waals surface area contributed by atoms with Crippen LogP contribution in [0, 0.1) is 0 Å². The fraction of sp³-hybridized carbons (Fsp3) is 0.227. The highest BCUT2D eigenvalue weighted by atomic mass is 32.1. The van der Waals surface area contributed by atoms with Gasteiger partial charge in [0.15, 0.2) is 5.13 Å². The first-order chi connectivity index (χ1) is 14.8. The van der Waals surface area contributed by atoms with E-state index in [2.05, 4.69) is 31.9 Å². The van der Waals surface area contributed by atoms with Crippen LogP contribution in [0.2, 0.25) is 0 Å². The highest BCUT2D eigenvalue weighted by molar-refractivity contribution is 7.18. The summed E-state index contributed by atoms with van der Waals surface area (Å²) < 4.78 is 0. The van der Waals surface area contributed by atoms with Gasteiger partial charge in [-0.25, -0.2) is 10.4 Å². The number of carbonyl (C=O) groups excluding carboxylic acids is 1. The molecular formula is C22H21N5OS2. The minimum Gasteiger partial charge on any atom is -0.360 e. The van der Waals surface area contributed by atoms with Gasteiger partial charge in [0.2, 0.25) is 0 Å². The van der Waals surface area contributed by atoms with Crippen molar-refractivity contribution in [2.24, 2.45) is 5.10 Å². The number of fused-ring (bicyclic) bond motifs is 1. The van der Waals surface area contributed by atoms with Crippen LogP contribution in [0.4, 0.5) is 5.13 Å². The van der Waals surface area contributed by atoms with Gasteiger partial charge < -0.3 is 9.88 Å². The molecule has 1 saturated heterocycles. The quantitative estimate of drug-likeness (QED) is 0.338. The number of para-hydroxylation sites is 1. The average molecular weight is 436 g/mol. The van der Waals surface area contributed by atoms with Crippen LogP contribution >= 0.6 is 22.7 Å². The third-order valence-corrected chi connectivity index (χ3v) is 7.13. The lowest BCUT2D eigenvalue weighted by Gasteiger charge is -2.25. The first-order valence-corrected chi connectivity index (χ1v) is 11.7. The molecule has 0 saturated carbocycles. The van der Waals surface area contributed by atoms with Gasteiger partial charge in [0.1, 0.15) is 5.69 Å². The molecule has 4 heterocycles. The lowest BCUT2D eigenvalue weighted by molar-refractivity contribution is 0.0957. The molecule has 0 spiro atoms. The second-order valence-electron chi connectivity index (χ2n) is 7.18. The third-order valence-electron chi connectivity index (χ3n) is 5.21. The van der Waals surface area contributed by atoms with E-state index in [1.165, 1.54) is 19.3 Å². The highest BCUT2D eigenvalue weighted by Crippen LogP contribution is 2.35. The number of thiophene rings is 1. The summed E-state index contributed by atoms with van der Waals surface area (Å²) in [5, 5.41) is 8.22. The molecule has 5 rings (SSSR count). The number of carbonyl (C=O) groups is 1. The summed E-state index contributed by atoms with van der Waals surface area (Å²) in [6.45, 7) is 2.09. The Hall–Kier alpha value is -2.97. The molecule has 8 heteroatoms. The van der Waals surface area contributed by atoms with Crippen LogP contribution in [-0.2, 0) is 0 Å². The van der Waals surface area contributed by atoms with Crippen molar-refractivity contribution < 1.29 is 4.79 Å². The maximum absolute atomic E-state index is 12.6. The van der Waals surface area contributed by atoms with Crippen LogP contribution in [0.5, 0.6) is 0 Å².